The molecule has 1 aliphatic rings. The molecule has 6 nitrogen and oxygen atoms in total. The molecule has 150 valence electrons. The van der Waals surface area contributed by atoms with E-state index in [0.29, 0.717) is 36.0 Å². The first-order valence-electron chi connectivity index (χ1n) is 9.67. The van der Waals surface area contributed by atoms with Crippen molar-refractivity contribution in [2.75, 3.05) is 18.5 Å². The average Bonchev–Trinajstić information content (AvgIpc) is 3.06. The minimum atomic E-state index is -0.517. The summed E-state index contributed by atoms with van der Waals surface area (Å²) in [5.41, 5.74) is 2.16. The summed E-state index contributed by atoms with van der Waals surface area (Å²) in [6.07, 6.45) is 2.42. The standard InChI is InChI=1S/C23H24N2O4/c1-4-27-20-9-7-6-8-19(20)25-23(26)18(14-24)11-17-13-22-16(10-15(3)29-22)12-21(17)28-5-2/h6-9,11-13,15H,4-5,10H2,1-3H3,(H,25,26)/b18-11+/t15-/m1/s1. The van der Waals surface area contributed by atoms with Crippen molar-refractivity contribution >= 4 is 17.7 Å². The highest BCUT2D eigenvalue weighted by Gasteiger charge is 2.22. The molecular weight excluding hydrogens is 368 g/mol. The maximum atomic E-state index is 12.7. The molecule has 0 aliphatic carbocycles. The van der Waals surface area contributed by atoms with Crippen molar-refractivity contribution in [2.45, 2.75) is 33.3 Å². The Kier molecular flexibility index (Phi) is 6.40. The Morgan fingerprint density at radius 1 is 1.24 bits per heavy atom. The van der Waals surface area contributed by atoms with E-state index in [-0.39, 0.29) is 11.7 Å². The van der Waals surface area contributed by atoms with E-state index in [1.807, 2.05) is 45.0 Å². The summed E-state index contributed by atoms with van der Waals surface area (Å²) < 4.78 is 17.1. The van der Waals surface area contributed by atoms with Crippen LogP contribution in [-0.2, 0) is 11.2 Å². The molecule has 2 aromatic rings. The number of nitriles is 1. The van der Waals surface area contributed by atoms with Crippen LogP contribution in [0, 0.1) is 11.3 Å². The highest BCUT2D eigenvalue weighted by molar-refractivity contribution is 6.10. The molecule has 0 saturated carbocycles. The molecule has 1 N–H and O–H groups in total. The number of hydrogen-bond acceptors (Lipinski definition) is 5. The van der Waals surface area contributed by atoms with Crippen molar-refractivity contribution in [1.82, 2.24) is 0 Å². The van der Waals surface area contributed by atoms with E-state index < -0.39 is 5.91 Å². The first-order valence-corrected chi connectivity index (χ1v) is 9.67. The van der Waals surface area contributed by atoms with Crippen LogP contribution in [0.15, 0.2) is 42.0 Å². The van der Waals surface area contributed by atoms with Crippen LogP contribution in [0.4, 0.5) is 5.69 Å². The highest BCUT2D eigenvalue weighted by Crippen LogP contribution is 2.36. The number of hydrogen-bond donors (Lipinski definition) is 1. The Hall–Kier alpha value is -3.46. The van der Waals surface area contributed by atoms with Crippen LogP contribution < -0.4 is 19.5 Å². The van der Waals surface area contributed by atoms with Gasteiger partial charge in [0.05, 0.1) is 18.9 Å². The van der Waals surface area contributed by atoms with Gasteiger partial charge in [-0.1, -0.05) is 12.1 Å². The molecule has 0 radical (unpaired) electrons. The third-order valence-corrected chi connectivity index (χ3v) is 4.43. The largest absolute Gasteiger partial charge is 0.493 e. The summed E-state index contributed by atoms with van der Waals surface area (Å²) in [5.74, 6) is 1.42. The van der Waals surface area contributed by atoms with Gasteiger partial charge in [-0.3, -0.25) is 4.79 Å². The van der Waals surface area contributed by atoms with Crippen molar-refractivity contribution in [3.8, 4) is 23.3 Å². The number of anilines is 1. The van der Waals surface area contributed by atoms with Crippen LogP contribution in [-0.4, -0.2) is 25.2 Å². The topological polar surface area (TPSA) is 80.6 Å². The molecule has 1 heterocycles. The number of benzene rings is 2. The maximum absolute atomic E-state index is 12.7. The van der Waals surface area contributed by atoms with Gasteiger partial charge in [-0.25, -0.2) is 0 Å². The summed E-state index contributed by atoms with van der Waals surface area (Å²) in [4.78, 5) is 12.7. The molecule has 0 spiro atoms. The first-order chi connectivity index (χ1) is 14.0. The van der Waals surface area contributed by atoms with E-state index in [1.54, 1.807) is 18.2 Å². The van der Waals surface area contributed by atoms with Gasteiger partial charge >= 0.3 is 0 Å². The van der Waals surface area contributed by atoms with Crippen molar-refractivity contribution in [2.24, 2.45) is 0 Å². The minimum absolute atomic E-state index is 0.0387. The molecule has 0 aromatic heterocycles. The maximum Gasteiger partial charge on any atom is 0.266 e. The number of fused-ring (bicyclic) bond motifs is 1. The Balaban J connectivity index is 1.91. The van der Waals surface area contributed by atoms with Crippen molar-refractivity contribution in [3.05, 3.63) is 53.1 Å². The average molecular weight is 392 g/mol. The monoisotopic (exact) mass is 392 g/mol. The number of carbonyl (C=O) groups excluding carboxylic acids is 1. The number of nitrogens with one attached hydrogen (secondary N) is 1. The Labute approximate surface area is 170 Å². The van der Waals surface area contributed by atoms with E-state index in [9.17, 15) is 10.1 Å². The van der Waals surface area contributed by atoms with Gasteiger partial charge in [0.1, 0.15) is 35.0 Å². The molecule has 0 fully saturated rings. The Bertz CT molecular complexity index is 975. The number of para-hydroxylation sites is 2. The van der Waals surface area contributed by atoms with Gasteiger partial charge in [0.25, 0.3) is 5.91 Å². The quantitative estimate of drug-likeness (QED) is 0.560. The second-order valence-electron chi connectivity index (χ2n) is 6.62. The molecule has 6 heteroatoms. The molecule has 1 aliphatic heterocycles. The number of carbonyl (C=O) groups is 1. The van der Waals surface area contributed by atoms with E-state index in [0.717, 1.165) is 17.7 Å². The molecule has 0 unspecified atom stereocenters. The van der Waals surface area contributed by atoms with Gasteiger partial charge in [0.15, 0.2) is 0 Å². The summed E-state index contributed by atoms with van der Waals surface area (Å²) in [5, 5.41) is 12.3. The second-order valence-corrected chi connectivity index (χ2v) is 6.62. The summed E-state index contributed by atoms with van der Waals surface area (Å²) in [6.45, 7) is 6.71. The lowest BCUT2D eigenvalue weighted by Crippen LogP contribution is -2.14. The molecule has 1 atom stereocenters. The fourth-order valence-electron chi connectivity index (χ4n) is 3.19. The first kappa shape index (κ1) is 20.3. The highest BCUT2D eigenvalue weighted by atomic mass is 16.5. The van der Waals surface area contributed by atoms with Gasteiger partial charge in [-0.15, -0.1) is 0 Å². The van der Waals surface area contributed by atoms with E-state index >= 15 is 0 Å². The van der Waals surface area contributed by atoms with Crippen molar-refractivity contribution in [1.29, 1.82) is 5.26 Å². The smallest absolute Gasteiger partial charge is 0.266 e. The number of amides is 1. The van der Waals surface area contributed by atoms with E-state index in [2.05, 4.69) is 5.32 Å². The number of nitrogens with zero attached hydrogens (tertiary/aromatic N) is 1. The zero-order chi connectivity index (χ0) is 20.8. The van der Waals surface area contributed by atoms with Crippen LogP contribution in [0.5, 0.6) is 17.2 Å². The molecule has 2 aromatic carbocycles. The molecule has 3 rings (SSSR count). The lowest BCUT2D eigenvalue weighted by Gasteiger charge is -2.12. The fraction of sp³-hybridized carbons (Fsp3) is 0.304. The van der Waals surface area contributed by atoms with Crippen LogP contribution in [0.2, 0.25) is 0 Å². The third kappa shape index (κ3) is 4.69. The Morgan fingerprint density at radius 2 is 1.97 bits per heavy atom. The van der Waals surface area contributed by atoms with Crippen LogP contribution in [0.1, 0.15) is 31.9 Å². The number of rotatable bonds is 7. The third-order valence-electron chi connectivity index (χ3n) is 4.43. The summed E-state index contributed by atoms with van der Waals surface area (Å²) in [7, 11) is 0. The lowest BCUT2D eigenvalue weighted by atomic mass is 10.0. The SMILES string of the molecule is CCOc1cc2c(cc1/C=C(\C#N)C(=O)Nc1ccccc1OCC)O[C@H](C)C2. The predicted molar refractivity (Wildman–Crippen MR) is 111 cm³/mol. The van der Waals surface area contributed by atoms with Gasteiger partial charge in [0, 0.05) is 17.5 Å². The predicted octanol–water partition coefficient (Wildman–Crippen LogP) is 4.35. The molecule has 0 saturated heterocycles. The lowest BCUT2D eigenvalue weighted by molar-refractivity contribution is -0.112. The molecule has 0 bridgehead atoms. The van der Waals surface area contributed by atoms with Crippen LogP contribution >= 0.6 is 0 Å². The van der Waals surface area contributed by atoms with Crippen molar-refractivity contribution in [3.63, 3.8) is 0 Å². The van der Waals surface area contributed by atoms with Gasteiger partial charge < -0.3 is 19.5 Å². The summed E-state index contributed by atoms with van der Waals surface area (Å²) >= 11 is 0. The molecule has 1 amide bonds. The second kappa shape index (κ2) is 9.16. The summed E-state index contributed by atoms with van der Waals surface area (Å²) in [6, 6.07) is 12.8. The Morgan fingerprint density at radius 3 is 2.69 bits per heavy atom. The van der Waals surface area contributed by atoms with Gasteiger partial charge in [0.2, 0.25) is 0 Å². The number of ether oxygens (including phenoxy) is 3. The molecular formula is C23H24N2O4. The van der Waals surface area contributed by atoms with Gasteiger partial charge in [-0.2, -0.15) is 5.26 Å². The van der Waals surface area contributed by atoms with Gasteiger partial charge in [-0.05, 0) is 51.1 Å². The molecule has 29 heavy (non-hydrogen) atoms. The van der Waals surface area contributed by atoms with Crippen LogP contribution in [0.25, 0.3) is 6.08 Å². The van der Waals surface area contributed by atoms with Crippen LogP contribution in [0.3, 0.4) is 0 Å². The van der Waals surface area contributed by atoms with Crippen molar-refractivity contribution < 1.29 is 19.0 Å². The zero-order valence-corrected chi connectivity index (χ0v) is 16.8. The zero-order valence-electron chi connectivity index (χ0n) is 16.8. The normalized spacial score (nSPS) is 15.1. The fourth-order valence-corrected chi connectivity index (χ4v) is 3.19. The minimum Gasteiger partial charge on any atom is -0.493 e. The van der Waals surface area contributed by atoms with E-state index in [4.69, 9.17) is 14.2 Å². The van der Waals surface area contributed by atoms with E-state index in [1.165, 1.54) is 6.08 Å².